The number of halogens is 1. The molecular formula is C16H28IN3O. The van der Waals surface area contributed by atoms with Crippen molar-refractivity contribution < 1.29 is 4.74 Å². The van der Waals surface area contributed by atoms with Crippen molar-refractivity contribution in [2.75, 3.05) is 6.61 Å². The van der Waals surface area contributed by atoms with Crippen LogP contribution in [0.3, 0.4) is 0 Å². The summed E-state index contributed by atoms with van der Waals surface area (Å²) in [5.41, 5.74) is 8.14. The van der Waals surface area contributed by atoms with Crippen molar-refractivity contribution in [3.8, 4) is 0 Å². The van der Waals surface area contributed by atoms with Gasteiger partial charge in [0.25, 0.3) is 0 Å². The second-order valence-corrected chi connectivity index (χ2v) is 5.90. The third-order valence-corrected chi connectivity index (χ3v) is 2.65. The number of nitrogens with zero attached hydrogens (tertiary/aromatic N) is 1. The summed E-state index contributed by atoms with van der Waals surface area (Å²) in [6, 6.07) is 8.18. The SMILES string of the molecule is CCCOCc1ccccc1CN=C(N)NC(C)(C)C.I. The summed E-state index contributed by atoms with van der Waals surface area (Å²) in [5, 5.41) is 3.16. The Labute approximate surface area is 145 Å². The van der Waals surface area contributed by atoms with Crippen LogP contribution in [0, 0.1) is 0 Å². The normalized spacial score (nSPS) is 11.9. The average Bonchev–Trinajstić information content (AvgIpc) is 2.36. The summed E-state index contributed by atoms with van der Waals surface area (Å²) in [6.07, 6.45) is 1.03. The zero-order valence-corrected chi connectivity index (χ0v) is 15.8. The van der Waals surface area contributed by atoms with Crippen LogP contribution in [0.1, 0.15) is 45.2 Å². The molecular weight excluding hydrogens is 377 g/mol. The molecule has 0 aromatic heterocycles. The topological polar surface area (TPSA) is 59.6 Å². The molecule has 1 aromatic carbocycles. The number of nitrogens with two attached hydrogens (primary N) is 1. The van der Waals surface area contributed by atoms with Crippen LogP contribution in [0.5, 0.6) is 0 Å². The first kappa shape index (κ1) is 20.2. The summed E-state index contributed by atoms with van der Waals surface area (Å²) in [4.78, 5) is 4.40. The first-order chi connectivity index (χ1) is 9.42. The molecule has 0 amide bonds. The van der Waals surface area contributed by atoms with E-state index in [0.29, 0.717) is 19.1 Å². The maximum absolute atomic E-state index is 5.89. The molecule has 0 saturated carbocycles. The van der Waals surface area contributed by atoms with Gasteiger partial charge in [0, 0.05) is 12.1 Å². The van der Waals surface area contributed by atoms with E-state index in [-0.39, 0.29) is 29.5 Å². The van der Waals surface area contributed by atoms with Crippen LogP contribution in [0.15, 0.2) is 29.3 Å². The predicted molar refractivity (Wildman–Crippen MR) is 100 cm³/mol. The Hall–Kier alpha value is -0.820. The molecule has 0 aliphatic carbocycles. The van der Waals surface area contributed by atoms with Gasteiger partial charge >= 0.3 is 0 Å². The van der Waals surface area contributed by atoms with Gasteiger partial charge in [0.2, 0.25) is 0 Å². The van der Waals surface area contributed by atoms with Crippen LogP contribution in [0.2, 0.25) is 0 Å². The standard InChI is InChI=1S/C16H27N3O.HI/c1-5-10-20-12-14-9-7-6-8-13(14)11-18-15(17)19-16(2,3)4;/h6-9H,5,10-12H2,1-4H3,(H3,17,18,19);1H. The fourth-order valence-corrected chi connectivity index (χ4v) is 1.77. The van der Waals surface area contributed by atoms with Gasteiger partial charge < -0.3 is 15.8 Å². The number of rotatable bonds is 6. The Bertz CT molecular complexity index is 441. The molecule has 0 aliphatic rings. The number of nitrogens with one attached hydrogen (secondary N) is 1. The third-order valence-electron chi connectivity index (χ3n) is 2.65. The molecule has 0 unspecified atom stereocenters. The van der Waals surface area contributed by atoms with Gasteiger partial charge in [-0.25, -0.2) is 4.99 Å². The number of benzene rings is 1. The van der Waals surface area contributed by atoms with Gasteiger partial charge in [-0.05, 0) is 38.3 Å². The molecule has 0 radical (unpaired) electrons. The van der Waals surface area contributed by atoms with E-state index in [2.05, 4.69) is 50.1 Å². The minimum atomic E-state index is -0.0721. The van der Waals surface area contributed by atoms with Crippen LogP contribution in [0.4, 0.5) is 0 Å². The summed E-state index contributed by atoms with van der Waals surface area (Å²) in [7, 11) is 0. The van der Waals surface area contributed by atoms with Crippen molar-refractivity contribution in [3.63, 3.8) is 0 Å². The van der Waals surface area contributed by atoms with Crippen molar-refractivity contribution in [2.24, 2.45) is 10.7 Å². The minimum Gasteiger partial charge on any atom is -0.377 e. The summed E-state index contributed by atoms with van der Waals surface area (Å²) < 4.78 is 5.60. The highest BCUT2D eigenvalue weighted by Crippen LogP contribution is 2.11. The molecule has 3 N–H and O–H groups in total. The monoisotopic (exact) mass is 405 g/mol. The molecule has 0 atom stereocenters. The van der Waals surface area contributed by atoms with Gasteiger partial charge in [-0.15, -0.1) is 24.0 Å². The minimum absolute atomic E-state index is 0. The second-order valence-electron chi connectivity index (χ2n) is 5.90. The second kappa shape index (κ2) is 10.00. The molecule has 120 valence electrons. The summed E-state index contributed by atoms with van der Waals surface area (Å²) in [5.74, 6) is 0.474. The van der Waals surface area contributed by atoms with E-state index in [1.807, 2.05) is 12.1 Å². The lowest BCUT2D eigenvalue weighted by Crippen LogP contribution is -2.45. The van der Waals surface area contributed by atoms with E-state index in [1.54, 1.807) is 0 Å². The van der Waals surface area contributed by atoms with E-state index in [1.165, 1.54) is 5.56 Å². The quantitative estimate of drug-likeness (QED) is 0.330. The van der Waals surface area contributed by atoms with Crippen LogP contribution in [-0.2, 0) is 17.9 Å². The van der Waals surface area contributed by atoms with Crippen molar-refractivity contribution in [1.29, 1.82) is 0 Å². The average molecular weight is 405 g/mol. The highest BCUT2D eigenvalue weighted by atomic mass is 127. The molecule has 0 heterocycles. The Morgan fingerprint density at radius 3 is 2.43 bits per heavy atom. The lowest BCUT2D eigenvalue weighted by Gasteiger charge is -2.21. The van der Waals surface area contributed by atoms with Crippen molar-refractivity contribution in [2.45, 2.75) is 52.8 Å². The zero-order valence-electron chi connectivity index (χ0n) is 13.5. The molecule has 1 rings (SSSR count). The van der Waals surface area contributed by atoms with Gasteiger partial charge in [-0.1, -0.05) is 31.2 Å². The highest BCUT2D eigenvalue weighted by Gasteiger charge is 2.09. The Morgan fingerprint density at radius 1 is 1.24 bits per heavy atom. The molecule has 0 fully saturated rings. The molecule has 0 spiro atoms. The third kappa shape index (κ3) is 8.93. The molecule has 1 aromatic rings. The number of hydrogen-bond donors (Lipinski definition) is 2. The largest absolute Gasteiger partial charge is 0.377 e. The number of ether oxygens (including phenoxy) is 1. The summed E-state index contributed by atoms with van der Waals surface area (Å²) in [6.45, 7) is 10.3. The highest BCUT2D eigenvalue weighted by molar-refractivity contribution is 14.0. The predicted octanol–water partition coefficient (Wildman–Crippen LogP) is 3.43. The fraction of sp³-hybridized carbons (Fsp3) is 0.562. The molecule has 21 heavy (non-hydrogen) atoms. The first-order valence-electron chi connectivity index (χ1n) is 7.15. The Morgan fingerprint density at radius 2 is 1.86 bits per heavy atom. The van der Waals surface area contributed by atoms with Crippen molar-refractivity contribution in [3.05, 3.63) is 35.4 Å². The van der Waals surface area contributed by atoms with E-state index in [4.69, 9.17) is 10.5 Å². The van der Waals surface area contributed by atoms with E-state index in [0.717, 1.165) is 18.6 Å². The van der Waals surface area contributed by atoms with E-state index >= 15 is 0 Å². The Kier molecular flexibility index (Phi) is 9.61. The van der Waals surface area contributed by atoms with Crippen LogP contribution < -0.4 is 11.1 Å². The van der Waals surface area contributed by atoms with Gasteiger partial charge in [0.15, 0.2) is 5.96 Å². The van der Waals surface area contributed by atoms with E-state index in [9.17, 15) is 0 Å². The van der Waals surface area contributed by atoms with Gasteiger partial charge in [0.1, 0.15) is 0 Å². The Balaban J connectivity index is 0.00000400. The zero-order chi connectivity index (χ0) is 15.0. The summed E-state index contributed by atoms with van der Waals surface area (Å²) >= 11 is 0. The maximum atomic E-state index is 5.89. The van der Waals surface area contributed by atoms with Gasteiger partial charge in [0.05, 0.1) is 13.2 Å². The number of aliphatic imine (C=N–C) groups is 1. The van der Waals surface area contributed by atoms with Crippen molar-refractivity contribution >= 4 is 29.9 Å². The van der Waals surface area contributed by atoms with Crippen molar-refractivity contribution in [1.82, 2.24) is 5.32 Å². The first-order valence-corrected chi connectivity index (χ1v) is 7.15. The molecule has 5 heteroatoms. The van der Waals surface area contributed by atoms with Gasteiger partial charge in [-0.2, -0.15) is 0 Å². The van der Waals surface area contributed by atoms with E-state index < -0.39 is 0 Å². The maximum Gasteiger partial charge on any atom is 0.189 e. The molecule has 0 aliphatic heterocycles. The molecule has 4 nitrogen and oxygen atoms in total. The van der Waals surface area contributed by atoms with Gasteiger partial charge in [-0.3, -0.25) is 0 Å². The van der Waals surface area contributed by atoms with Crippen LogP contribution in [0.25, 0.3) is 0 Å². The number of guanidine groups is 1. The lowest BCUT2D eigenvalue weighted by molar-refractivity contribution is 0.121. The number of hydrogen-bond acceptors (Lipinski definition) is 2. The lowest BCUT2D eigenvalue weighted by atomic mass is 10.1. The molecule has 0 bridgehead atoms. The fourth-order valence-electron chi connectivity index (χ4n) is 1.77. The smallest absolute Gasteiger partial charge is 0.189 e. The van der Waals surface area contributed by atoms with Crippen LogP contribution >= 0.6 is 24.0 Å². The van der Waals surface area contributed by atoms with Crippen LogP contribution in [-0.4, -0.2) is 18.1 Å². The molecule has 0 saturated heterocycles.